The minimum Gasteiger partial charge on any atom is -0.358 e. The molecule has 0 atom stereocenters. The summed E-state index contributed by atoms with van der Waals surface area (Å²) >= 11 is 1.96. The molecule has 0 amide bonds. The first-order valence-electron chi connectivity index (χ1n) is 2.87. The van der Waals surface area contributed by atoms with E-state index >= 15 is 0 Å². The summed E-state index contributed by atoms with van der Waals surface area (Å²) in [4.78, 5) is 0. The van der Waals surface area contributed by atoms with Crippen LogP contribution in [-0.4, -0.2) is 8.42 Å². The Bertz CT molecular complexity index is 376. The molecule has 0 unspecified atom stereocenters. The molecule has 0 aliphatic rings. The molecule has 1 aromatic rings. The van der Waals surface area contributed by atoms with Crippen LogP contribution in [-0.2, 0) is 10.5 Å². The number of halogens is 2. The van der Waals surface area contributed by atoms with Crippen molar-refractivity contribution in [3.05, 3.63) is 27.8 Å². The van der Waals surface area contributed by atoms with E-state index in [1.54, 1.807) is 12.1 Å². The topological polar surface area (TPSA) is 43.4 Å². The van der Waals surface area contributed by atoms with Gasteiger partial charge in [-0.05, 0) is 40.8 Å². The van der Waals surface area contributed by atoms with Gasteiger partial charge in [0.15, 0.2) is 0 Å². The quantitative estimate of drug-likeness (QED) is 0.619. The average Bonchev–Trinajstić information content (AvgIpc) is 1.82. The molecule has 12 heavy (non-hydrogen) atoms. The molecule has 0 aliphatic heterocycles. The maximum absolute atomic E-state index is 12.0. The van der Waals surface area contributed by atoms with Crippen molar-refractivity contribution in [1.82, 2.24) is 0 Å². The highest BCUT2D eigenvalue weighted by molar-refractivity contribution is 14.1. The van der Waals surface area contributed by atoms with Gasteiger partial charge in [0.25, 0.3) is 0 Å². The van der Waals surface area contributed by atoms with E-state index in [0.29, 0.717) is 0 Å². The van der Waals surface area contributed by atoms with Crippen LogP contribution in [0.4, 0.5) is 3.89 Å². The van der Waals surface area contributed by atoms with Crippen molar-refractivity contribution in [1.29, 1.82) is 0 Å². The summed E-state index contributed by atoms with van der Waals surface area (Å²) in [6.45, 7) is 0. The smallest absolute Gasteiger partial charge is 0.358 e. The molecule has 0 fully saturated rings. The zero-order valence-corrected chi connectivity index (χ0v) is 8.67. The van der Waals surface area contributed by atoms with E-state index in [9.17, 15) is 12.3 Å². The van der Waals surface area contributed by atoms with Crippen LogP contribution in [0.15, 0.2) is 24.3 Å². The van der Waals surface area contributed by atoms with Gasteiger partial charge >= 0.3 is 10.5 Å². The van der Waals surface area contributed by atoms with Gasteiger partial charge in [-0.2, -0.15) is 8.42 Å². The lowest BCUT2D eigenvalue weighted by molar-refractivity contribution is 0.440. The Labute approximate surface area is 83.1 Å². The molecule has 0 aromatic heterocycles. The minimum absolute atomic E-state index is 0.0237. The summed E-state index contributed by atoms with van der Waals surface area (Å²) in [6, 6.07) is 6.08. The normalized spacial score (nSPS) is 11.2. The SMILES string of the molecule is O=S(=O)(F)Oc1cccc(I)c1. The van der Waals surface area contributed by atoms with E-state index < -0.39 is 10.5 Å². The van der Waals surface area contributed by atoms with Crippen molar-refractivity contribution >= 4 is 33.1 Å². The van der Waals surface area contributed by atoms with Crippen molar-refractivity contribution in [3.63, 3.8) is 0 Å². The summed E-state index contributed by atoms with van der Waals surface area (Å²) < 4.78 is 36.8. The van der Waals surface area contributed by atoms with Crippen LogP contribution in [0.5, 0.6) is 5.75 Å². The Balaban J connectivity index is 2.91. The third-order valence-electron chi connectivity index (χ3n) is 0.992. The van der Waals surface area contributed by atoms with E-state index in [1.165, 1.54) is 12.1 Å². The van der Waals surface area contributed by atoms with Gasteiger partial charge < -0.3 is 4.18 Å². The fourth-order valence-electron chi connectivity index (χ4n) is 0.634. The highest BCUT2D eigenvalue weighted by atomic mass is 127. The largest absolute Gasteiger partial charge is 0.488 e. The summed E-state index contributed by atoms with van der Waals surface area (Å²) in [6.07, 6.45) is 0. The van der Waals surface area contributed by atoms with Crippen LogP contribution >= 0.6 is 22.6 Å². The first-order chi connectivity index (χ1) is 5.47. The second-order valence-electron chi connectivity index (χ2n) is 1.93. The number of hydrogen-bond acceptors (Lipinski definition) is 3. The van der Waals surface area contributed by atoms with Gasteiger partial charge in [-0.1, -0.05) is 9.95 Å². The van der Waals surface area contributed by atoms with Crippen LogP contribution in [0.25, 0.3) is 0 Å². The molecular weight excluding hydrogens is 298 g/mol. The molecule has 0 bridgehead atoms. The van der Waals surface area contributed by atoms with Crippen molar-refractivity contribution in [3.8, 4) is 5.75 Å². The minimum atomic E-state index is -4.90. The number of hydrogen-bond donors (Lipinski definition) is 0. The van der Waals surface area contributed by atoms with Gasteiger partial charge in [-0.3, -0.25) is 0 Å². The van der Waals surface area contributed by atoms with Gasteiger partial charge in [0.1, 0.15) is 5.75 Å². The van der Waals surface area contributed by atoms with Crippen molar-refractivity contribution in [2.24, 2.45) is 0 Å². The predicted molar refractivity (Wildman–Crippen MR) is 49.8 cm³/mol. The Morgan fingerprint density at radius 1 is 1.42 bits per heavy atom. The predicted octanol–water partition coefficient (Wildman–Crippen LogP) is 1.88. The fourth-order valence-corrected chi connectivity index (χ4v) is 1.48. The van der Waals surface area contributed by atoms with E-state index in [0.717, 1.165) is 3.57 Å². The van der Waals surface area contributed by atoms with Gasteiger partial charge in [0.05, 0.1) is 0 Å². The van der Waals surface area contributed by atoms with E-state index in [-0.39, 0.29) is 5.75 Å². The Morgan fingerprint density at radius 3 is 2.58 bits per heavy atom. The highest BCUT2D eigenvalue weighted by Crippen LogP contribution is 2.16. The maximum Gasteiger partial charge on any atom is 0.488 e. The Kier molecular flexibility index (Phi) is 2.89. The van der Waals surface area contributed by atoms with Crippen LogP contribution in [0.3, 0.4) is 0 Å². The summed E-state index contributed by atoms with van der Waals surface area (Å²) in [5.41, 5.74) is 0. The van der Waals surface area contributed by atoms with Crippen molar-refractivity contribution in [2.75, 3.05) is 0 Å². The van der Waals surface area contributed by atoms with E-state index in [4.69, 9.17) is 0 Å². The summed E-state index contributed by atoms with van der Waals surface area (Å²) in [7, 11) is -4.90. The molecule has 1 rings (SSSR count). The van der Waals surface area contributed by atoms with Gasteiger partial charge in [-0.15, -0.1) is 0 Å². The zero-order valence-electron chi connectivity index (χ0n) is 5.70. The first-order valence-corrected chi connectivity index (χ1v) is 5.26. The average molecular weight is 302 g/mol. The van der Waals surface area contributed by atoms with Crippen LogP contribution in [0.2, 0.25) is 0 Å². The maximum atomic E-state index is 12.0. The van der Waals surface area contributed by atoms with Gasteiger partial charge in [0, 0.05) is 3.57 Å². The lowest BCUT2D eigenvalue weighted by Crippen LogP contribution is -2.00. The molecule has 0 saturated carbocycles. The zero-order chi connectivity index (χ0) is 9.19. The second kappa shape index (κ2) is 3.56. The summed E-state index contributed by atoms with van der Waals surface area (Å²) in [5.74, 6) is -0.0237. The molecule has 0 heterocycles. The molecule has 0 N–H and O–H groups in total. The third kappa shape index (κ3) is 3.35. The van der Waals surface area contributed by atoms with Crippen LogP contribution < -0.4 is 4.18 Å². The second-order valence-corrected chi connectivity index (χ2v) is 4.13. The highest BCUT2D eigenvalue weighted by Gasteiger charge is 2.08. The van der Waals surface area contributed by atoms with Crippen LogP contribution in [0, 0.1) is 3.57 Å². The lowest BCUT2D eigenvalue weighted by atomic mass is 10.3. The molecule has 0 aliphatic carbocycles. The third-order valence-corrected chi connectivity index (χ3v) is 2.05. The standard InChI is InChI=1S/C6H4FIO3S/c7-12(9,10)11-6-3-1-2-5(8)4-6/h1-4H. The molecule has 0 spiro atoms. The number of benzene rings is 1. The van der Waals surface area contributed by atoms with E-state index in [1.807, 2.05) is 22.6 Å². The molecule has 0 saturated heterocycles. The number of rotatable bonds is 2. The molecular formula is C6H4FIO3S. The fraction of sp³-hybridized carbons (Fsp3) is 0. The van der Waals surface area contributed by atoms with Crippen molar-refractivity contribution < 1.29 is 16.5 Å². The van der Waals surface area contributed by atoms with Gasteiger partial charge in [-0.25, -0.2) is 0 Å². The van der Waals surface area contributed by atoms with Crippen LogP contribution in [0.1, 0.15) is 0 Å². The molecule has 6 heteroatoms. The monoisotopic (exact) mass is 302 g/mol. The first kappa shape index (κ1) is 9.72. The Hall–Kier alpha value is -0.370. The molecule has 0 radical (unpaired) electrons. The van der Waals surface area contributed by atoms with Crippen molar-refractivity contribution in [2.45, 2.75) is 0 Å². The molecule has 3 nitrogen and oxygen atoms in total. The molecule has 1 aromatic carbocycles. The lowest BCUT2D eigenvalue weighted by Gasteiger charge is -1.98. The molecule has 66 valence electrons. The van der Waals surface area contributed by atoms with E-state index in [2.05, 4.69) is 4.18 Å². The Morgan fingerprint density at radius 2 is 2.08 bits per heavy atom. The summed E-state index contributed by atoms with van der Waals surface area (Å²) in [5, 5.41) is 0. The van der Waals surface area contributed by atoms with Gasteiger partial charge in [0.2, 0.25) is 0 Å².